The van der Waals surface area contributed by atoms with E-state index in [9.17, 15) is 4.79 Å². The summed E-state index contributed by atoms with van der Waals surface area (Å²) in [5.41, 5.74) is 14.5. The van der Waals surface area contributed by atoms with Crippen LogP contribution in [0.1, 0.15) is 11.1 Å². The molecule has 0 bridgehead atoms. The van der Waals surface area contributed by atoms with E-state index < -0.39 is 6.03 Å². The Labute approximate surface area is 204 Å². The van der Waals surface area contributed by atoms with Crippen LogP contribution < -0.4 is 26.4 Å². The summed E-state index contributed by atoms with van der Waals surface area (Å²) in [5.74, 6) is 1.35. The van der Waals surface area contributed by atoms with Gasteiger partial charge in [-0.05, 0) is 34.9 Å². The van der Waals surface area contributed by atoms with Crippen molar-refractivity contribution in [2.24, 2.45) is 16.5 Å². The zero-order valence-electron chi connectivity index (χ0n) is 19.7. The number of carbonyl (C=O) groups is 1. The first kappa shape index (κ1) is 24.0. The Morgan fingerprint density at radius 3 is 2.43 bits per heavy atom. The summed E-state index contributed by atoms with van der Waals surface area (Å²) in [4.78, 5) is 28.9. The predicted molar refractivity (Wildman–Crippen MR) is 136 cm³/mol. The number of ether oxygens (including phenoxy) is 1. The lowest BCUT2D eigenvalue weighted by atomic mass is 10.1. The van der Waals surface area contributed by atoms with Crippen molar-refractivity contribution in [2.75, 3.05) is 38.2 Å². The van der Waals surface area contributed by atoms with E-state index in [4.69, 9.17) is 16.2 Å². The number of carbonyl (C=O) groups excluding carboxylic acids is 1. The second-order valence-corrected chi connectivity index (χ2v) is 8.28. The third-order valence-electron chi connectivity index (χ3n) is 5.77. The number of hydrogen-bond acceptors (Lipinski definition) is 6. The first-order valence-corrected chi connectivity index (χ1v) is 11.4. The molecule has 0 radical (unpaired) electrons. The zero-order chi connectivity index (χ0) is 24.6. The first-order valence-electron chi connectivity index (χ1n) is 11.4. The summed E-state index contributed by atoms with van der Waals surface area (Å²) >= 11 is 0. The summed E-state index contributed by atoms with van der Waals surface area (Å²) < 4.78 is 5.33. The van der Waals surface area contributed by atoms with Gasteiger partial charge in [-0.25, -0.2) is 14.8 Å². The Kier molecular flexibility index (Phi) is 7.74. The molecule has 4 rings (SSSR count). The van der Waals surface area contributed by atoms with Gasteiger partial charge in [-0.15, -0.1) is 0 Å². The van der Waals surface area contributed by atoms with Gasteiger partial charge in [-0.1, -0.05) is 30.3 Å². The van der Waals surface area contributed by atoms with Gasteiger partial charge in [0.15, 0.2) is 5.96 Å². The lowest BCUT2D eigenvalue weighted by molar-refractivity contribution is 0.248. The van der Waals surface area contributed by atoms with Crippen molar-refractivity contribution in [3.05, 3.63) is 72.1 Å². The van der Waals surface area contributed by atoms with E-state index in [2.05, 4.69) is 42.2 Å². The molecule has 2 amide bonds. The van der Waals surface area contributed by atoms with E-state index in [1.54, 1.807) is 7.11 Å². The fraction of sp³-hybridized carbons (Fsp3) is 0.280. The highest BCUT2D eigenvalue weighted by molar-refractivity contribution is 5.90. The van der Waals surface area contributed by atoms with Gasteiger partial charge in [0.1, 0.15) is 5.75 Å². The predicted octanol–water partition coefficient (Wildman–Crippen LogP) is 1.96. The average molecular weight is 475 g/mol. The van der Waals surface area contributed by atoms with Crippen molar-refractivity contribution in [2.45, 2.75) is 13.1 Å². The monoisotopic (exact) mass is 474 g/mol. The van der Waals surface area contributed by atoms with Gasteiger partial charge in [0.25, 0.3) is 0 Å². The van der Waals surface area contributed by atoms with Crippen LogP contribution in [0.15, 0.2) is 65.9 Å². The number of urea groups is 1. The molecule has 10 nitrogen and oxygen atoms in total. The molecule has 5 N–H and O–H groups in total. The molecule has 0 saturated carbocycles. The molecular formula is C25H30N8O2. The molecule has 3 aromatic rings. The summed E-state index contributed by atoms with van der Waals surface area (Å²) in [6.45, 7) is 4.82. The third-order valence-corrected chi connectivity index (χ3v) is 5.77. The molecule has 2 aromatic carbocycles. The number of nitrogens with one attached hydrogen (secondary N) is 1. The number of nitrogens with zero attached hydrogens (tertiary/aromatic N) is 5. The number of anilines is 1. The minimum Gasteiger partial charge on any atom is -0.497 e. The second-order valence-electron chi connectivity index (χ2n) is 8.28. The highest BCUT2D eigenvalue weighted by atomic mass is 16.5. The van der Waals surface area contributed by atoms with Crippen molar-refractivity contribution in [3.8, 4) is 16.9 Å². The van der Waals surface area contributed by atoms with E-state index in [-0.39, 0.29) is 5.96 Å². The second kappa shape index (κ2) is 11.3. The van der Waals surface area contributed by atoms with Crippen LogP contribution in [0.5, 0.6) is 5.75 Å². The smallest absolute Gasteiger partial charge is 0.344 e. The molecule has 0 spiro atoms. The van der Waals surface area contributed by atoms with Crippen LogP contribution in [0.2, 0.25) is 0 Å². The van der Waals surface area contributed by atoms with Crippen molar-refractivity contribution >= 4 is 17.9 Å². The molecule has 2 heterocycles. The summed E-state index contributed by atoms with van der Waals surface area (Å²) in [6.07, 6.45) is 3.67. The minimum absolute atomic E-state index is 0.272. The van der Waals surface area contributed by atoms with Gasteiger partial charge in [-0.3, -0.25) is 4.90 Å². The van der Waals surface area contributed by atoms with Crippen LogP contribution >= 0.6 is 0 Å². The van der Waals surface area contributed by atoms with Crippen LogP contribution in [0, 0.1) is 0 Å². The topological polar surface area (TPSA) is 135 Å². The van der Waals surface area contributed by atoms with Gasteiger partial charge >= 0.3 is 6.03 Å². The maximum absolute atomic E-state index is 11.6. The molecular weight excluding hydrogens is 444 g/mol. The standard InChI is InChI=1S/C25H30N8O2/c1-35-22-7-3-5-19(13-22)17-32-8-10-33(11-9-32)24-28-15-21(16-29-24)20-6-2-4-18(12-20)14-30-25(34)31-23(26)27/h2-7,12-13,15-16H,8-11,14,17H2,1H3,(H5,26,27,30,31,34). The maximum Gasteiger partial charge on any atom is 0.344 e. The fourth-order valence-electron chi connectivity index (χ4n) is 3.96. The van der Waals surface area contributed by atoms with E-state index in [0.717, 1.165) is 61.1 Å². The molecule has 1 aliphatic rings. The normalized spacial score (nSPS) is 13.8. The molecule has 0 aliphatic carbocycles. The van der Waals surface area contributed by atoms with Crippen LogP contribution in [-0.2, 0) is 13.1 Å². The Morgan fingerprint density at radius 1 is 1.00 bits per heavy atom. The van der Waals surface area contributed by atoms with E-state index in [0.29, 0.717) is 6.54 Å². The number of amides is 2. The largest absolute Gasteiger partial charge is 0.497 e. The average Bonchev–Trinajstić information content (AvgIpc) is 2.88. The van der Waals surface area contributed by atoms with Crippen molar-refractivity contribution < 1.29 is 9.53 Å². The molecule has 1 aromatic heterocycles. The number of benzene rings is 2. The molecule has 10 heteroatoms. The number of rotatable bonds is 7. The van der Waals surface area contributed by atoms with Crippen LogP contribution in [-0.4, -0.2) is 60.1 Å². The Bertz CT molecular complexity index is 1170. The third kappa shape index (κ3) is 6.67. The van der Waals surface area contributed by atoms with E-state index >= 15 is 0 Å². The molecule has 35 heavy (non-hydrogen) atoms. The van der Waals surface area contributed by atoms with Gasteiger partial charge in [-0.2, -0.15) is 4.99 Å². The molecule has 0 unspecified atom stereocenters. The van der Waals surface area contributed by atoms with Crippen LogP contribution in [0.3, 0.4) is 0 Å². The van der Waals surface area contributed by atoms with Gasteiger partial charge in [0.05, 0.1) is 7.11 Å². The fourth-order valence-corrected chi connectivity index (χ4v) is 3.96. The molecule has 1 fully saturated rings. The molecule has 0 atom stereocenters. The number of nitrogens with two attached hydrogens (primary N) is 2. The Morgan fingerprint density at radius 2 is 1.71 bits per heavy atom. The quantitative estimate of drug-likeness (QED) is 0.349. The van der Waals surface area contributed by atoms with Crippen molar-refractivity contribution in [3.63, 3.8) is 0 Å². The number of aromatic nitrogens is 2. The van der Waals surface area contributed by atoms with Crippen molar-refractivity contribution in [1.29, 1.82) is 0 Å². The summed E-state index contributed by atoms with van der Waals surface area (Å²) in [7, 11) is 1.69. The van der Waals surface area contributed by atoms with E-state index in [1.165, 1.54) is 5.56 Å². The van der Waals surface area contributed by atoms with Gasteiger partial charge < -0.3 is 26.4 Å². The van der Waals surface area contributed by atoms with Gasteiger partial charge in [0.2, 0.25) is 5.95 Å². The zero-order valence-corrected chi connectivity index (χ0v) is 19.7. The van der Waals surface area contributed by atoms with E-state index in [1.807, 2.05) is 48.8 Å². The lowest BCUT2D eigenvalue weighted by Crippen LogP contribution is -2.46. The summed E-state index contributed by atoms with van der Waals surface area (Å²) in [5, 5.41) is 2.65. The molecule has 1 aliphatic heterocycles. The Hall–Kier alpha value is -4.18. The maximum atomic E-state index is 11.6. The SMILES string of the molecule is COc1cccc(CN2CCN(c3ncc(-c4cccc(CNC(=O)N=C(N)N)c4)cn3)CC2)c1. The highest BCUT2D eigenvalue weighted by Gasteiger charge is 2.19. The highest BCUT2D eigenvalue weighted by Crippen LogP contribution is 2.21. The number of guanidine groups is 1. The van der Waals surface area contributed by atoms with Crippen LogP contribution in [0.4, 0.5) is 10.7 Å². The first-order chi connectivity index (χ1) is 17.0. The molecule has 1 saturated heterocycles. The number of hydrogen-bond donors (Lipinski definition) is 3. The number of aliphatic imine (C=N–C) groups is 1. The van der Waals surface area contributed by atoms with Gasteiger partial charge in [0, 0.05) is 57.2 Å². The molecule has 182 valence electrons. The lowest BCUT2D eigenvalue weighted by Gasteiger charge is -2.34. The number of methoxy groups -OCH3 is 1. The van der Waals surface area contributed by atoms with Crippen LogP contribution in [0.25, 0.3) is 11.1 Å². The number of piperazine rings is 1. The van der Waals surface area contributed by atoms with Crippen molar-refractivity contribution in [1.82, 2.24) is 20.2 Å². The minimum atomic E-state index is -0.577. The Balaban J connectivity index is 1.32. The summed E-state index contributed by atoms with van der Waals surface area (Å²) in [6, 6.07) is 15.4.